The molecule has 0 aromatic carbocycles. The van der Waals surface area contributed by atoms with E-state index in [1.807, 2.05) is 5.38 Å². The van der Waals surface area contributed by atoms with E-state index >= 15 is 0 Å². The van der Waals surface area contributed by atoms with E-state index in [0.29, 0.717) is 31.5 Å². The number of ether oxygens (including phenoxy) is 1. The molecule has 0 aliphatic carbocycles. The smallest absolute Gasteiger partial charge is 0.222 e. The summed E-state index contributed by atoms with van der Waals surface area (Å²) in [6.07, 6.45) is 0.419. The first-order valence-electron chi connectivity index (χ1n) is 8.02. The van der Waals surface area contributed by atoms with Gasteiger partial charge in [0, 0.05) is 30.4 Å². The predicted octanol–water partition coefficient (Wildman–Crippen LogP) is 2.38. The maximum absolute atomic E-state index is 12.1. The molecule has 1 aromatic rings. The zero-order chi connectivity index (χ0) is 16.1. The molecule has 1 aromatic heterocycles. The van der Waals surface area contributed by atoms with Gasteiger partial charge in [-0.3, -0.25) is 9.69 Å². The maximum atomic E-state index is 12.1. The normalized spacial score (nSPS) is 19.8. The molecule has 1 N–H and O–H groups in total. The fourth-order valence-corrected chi connectivity index (χ4v) is 3.31. The number of rotatable bonds is 6. The average Bonchev–Trinajstić information content (AvgIpc) is 2.94. The minimum atomic E-state index is -0.00203. The van der Waals surface area contributed by atoms with E-state index in [1.165, 1.54) is 0 Å². The van der Waals surface area contributed by atoms with E-state index in [9.17, 15) is 4.79 Å². The molecule has 1 saturated heterocycles. The van der Waals surface area contributed by atoms with Gasteiger partial charge >= 0.3 is 0 Å². The summed E-state index contributed by atoms with van der Waals surface area (Å²) in [5.41, 5.74) is 0.940. The van der Waals surface area contributed by atoms with Gasteiger partial charge in [0.15, 0.2) is 0 Å². The number of amides is 1. The van der Waals surface area contributed by atoms with E-state index in [4.69, 9.17) is 4.74 Å². The Morgan fingerprint density at radius 3 is 2.91 bits per heavy atom. The fraction of sp³-hybridized carbons (Fsp3) is 0.750. The van der Waals surface area contributed by atoms with Crippen LogP contribution in [0.2, 0.25) is 0 Å². The van der Waals surface area contributed by atoms with Crippen LogP contribution in [-0.2, 0) is 16.1 Å². The second-order valence-electron chi connectivity index (χ2n) is 6.39. The molecule has 2 rings (SSSR count). The molecule has 124 valence electrons. The topological polar surface area (TPSA) is 54.5 Å². The molecule has 1 atom stereocenters. The van der Waals surface area contributed by atoms with Crippen molar-refractivity contribution >= 4 is 17.2 Å². The lowest BCUT2D eigenvalue weighted by atomic mass is 10.1. The molecule has 0 spiro atoms. The summed E-state index contributed by atoms with van der Waals surface area (Å²) in [4.78, 5) is 19.0. The van der Waals surface area contributed by atoms with Gasteiger partial charge in [0.25, 0.3) is 0 Å². The summed E-state index contributed by atoms with van der Waals surface area (Å²) in [6.45, 7) is 11.6. The summed E-state index contributed by atoms with van der Waals surface area (Å²) in [7, 11) is 0. The molecule has 0 radical (unpaired) electrons. The Hall–Kier alpha value is -0.980. The Morgan fingerprint density at radius 2 is 2.27 bits per heavy atom. The van der Waals surface area contributed by atoms with Crippen LogP contribution in [0.3, 0.4) is 0 Å². The summed E-state index contributed by atoms with van der Waals surface area (Å²) < 4.78 is 5.70. The van der Waals surface area contributed by atoms with Gasteiger partial charge in [-0.2, -0.15) is 0 Å². The molecule has 2 heterocycles. The highest BCUT2D eigenvalue weighted by Crippen LogP contribution is 2.19. The molecular weight excluding hydrogens is 298 g/mol. The quantitative estimate of drug-likeness (QED) is 0.872. The Balaban J connectivity index is 1.75. The first-order chi connectivity index (χ1) is 10.5. The molecule has 6 heteroatoms. The highest BCUT2D eigenvalue weighted by molar-refractivity contribution is 7.09. The minimum absolute atomic E-state index is 0.00203. The van der Waals surface area contributed by atoms with E-state index in [2.05, 4.69) is 42.9 Å². The van der Waals surface area contributed by atoms with Crippen molar-refractivity contribution in [3.63, 3.8) is 0 Å². The van der Waals surface area contributed by atoms with Crippen molar-refractivity contribution in [3.05, 3.63) is 16.1 Å². The molecule has 0 saturated carbocycles. The van der Waals surface area contributed by atoms with E-state index in [-0.39, 0.29) is 12.0 Å². The third kappa shape index (κ3) is 5.04. The van der Waals surface area contributed by atoms with Gasteiger partial charge < -0.3 is 10.1 Å². The number of nitrogens with zero attached hydrogens (tertiary/aromatic N) is 2. The Labute approximate surface area is 137 Å². The van der Waals surface area contributed by atoms with Crippen molar-refractivity contribution < 1.29 is 9.53 Å². The van der Waals surface area contributed by atoms with Crippen molar-refractivity contribution in [2.45, 2.75) is 58.7 Å². The van der Waals surface area contributed by atoms with Crippen molar-refractivity contribution in [3.8, 4) is 0 Å². The number of aromatic nitrogens is 1. The molecule has 0 unspecified atom stereocenters. The van der Waals surface area contributed by atoms with Crippen LogP contribution >= 0.6 is 11.3 Å². The molecular formula is C16H27N3O2S. The summed E-state index contributed by atoms with van der Waals surface area (Å²) in [5.74, 6) is 0.474. The van der Waals surface area contributed by atoms with Gasteiger partial charge in [0.2, 0.25) is 5.91 Å². The van der Waals surface area contributed by atoms with Gasteiger partial charge in [0.05, 0.1) is 36.4 Å². The number of hydrogen-bond donors (Lipinski definition) is 1. The van der Waals surface area contributed by atoms with Gasteiger partial charge in [-0.05, 0) is 13.8 Å². The summed E-state index contributed by atoms with van der Waals surface area (Å²) in [5, 5.41) is 6.09. The number of carbonyl (C=O) groups is 1. The Kier molecular flexibility index (Phi) is 6.35. The second-order valence-corrected chi connectivity index (χ2v) is 7.28. The van der Waals surface area contributed by atoms with Crippen LogP contribution in [0.15, 0.2) is 5.38 Å². The summed E-state index contributed by atoms with van der Waals surface area (Å²) >= 11 is 1.65. The Morgan fingerprint density at radius 1 is 1.50 bits per heavy atom. The van der Waals surface area contributed by atoms with Crippen LogP contribution in [0.4, 0.5) is 0 Å². The van der Waals surface area contributed by atoms with E-state index < -0.39 is 0 Å². The minimum Gasteiger partial charge on any atom is -0.375 e. The van der Waals surface area contributed by atoms with E-state index in [0.717, 1.165) is 23.8 Å². The number of morpholine rings is 1. The fourth-order valence-electron chi connectivity index (χ4n) is 2.47. The van der Waals surface area contributed by atoms with Crippen LogP contribution in [0.1, 0.15) is 50.7 Å². The highest BCUT2D eigenvalue weighted by atomic mass is 32.1. The third-order valence-electron chi connectivity index (χ3n) is 3.84. The van der Waals surface area contributed by atoms with Gasteiger partial charge in [-0.15, -0.1) is 11.3 Å². The van der Waals surface area contributed by atoms with Crippen molar-refractivity contribution in [1.29, 1.82) is 0 Å². The zero-order valence-electron chi connectivity index (χ0n) is 14.0. The first-order valence-corrected chi connectivity index (χ1v) is 8.90. The standard InChI is InChI=1S/C16H27N3O2S/c1-11(2)16-18-13(10-22-16)8-17-15(20)7-14-9-19(12(3)4)5-6-21-14/h10-12,14H,5-9H2,1-4H3,(H,17,20)/t14-/m1/s1. The lowest BCUT2D eigenvalue weighted by Gasteiger charge is -2.35. The molecule has 1 fully saturated rings. The molecule has 1 aliphatic rings. The predicted molar refractivity (Wildman–Crippen MR) is 89.1 cm³/mol. The number of thiazole rings is 1. The van der Waals surface area contributed by atoms with E-state index in [1.54, 1.807) is 11.3 Å². The first kappa shape index (κ1) is 17.4. The van der Waals surface area contributed by atoms with Crippen LogP contribution in [0, 0.1) is 0 Å². The van der Waals surface area contributed by atoms with Crippen molar-refractivity contribution in [2.24, 2.45) is 0 Å². The van der Waals surface area contributed by atoms with Crippen molar-refractivity contribution in [1.82, 2.24) is 15.2 Å². The zero-order valence-corrected chi connectivity index (χ0v) is 14.8. The SMILES string of the molecule is CC(C)c1nc(CNC(=O)C[C@@H]2CN(C(C)C)CCO2)cs1. The molecule has 1 amide bonds. The largest absolute Gasteiger partial charge is 0.375 e. The highest BCUT2D eigenvalue weighted by Gasteiger charge is 2.24. The van der Waals surface area contributed by atoms with Crippen LogP contribution in [0.5, 0.6) is 0 Å². The third-order valence-corrected chi connectivity index (χ3v) is 5.04. The molecule has 0 bridgehead atoms. The van der Waals surface area contributed by atoms with Gasteiger partial charge in [-0.25, -0.2) is 4.98 Å². The van der Waals surface area contributed by atoms with Crippen LogP contribution in [0.25, 0.3) is 0 Å². The number of hydrogen-bond acceptors (Lipinski definition) is 5. The molecule has 5 nitrogen and oxygen atoms in total. The summed E-state index contributed by atoms with van der Waals surface area (Å²) in [6, 6.07) is 0.499. The average molecular weight is 325 g/mol. The van der Waals surface area contributed by atoms with Crippen molar-refractivity contribution in [2.75, 3.05) is 19.7 Å². The van der Waals surface area contributed by atoms with Gasteiger partial charge in [0.1, 0.15) is 0 Å². The lowest BCUT2D eigenvalue weighted by Crippen LogP contribution is -2.47. The molecule has 22 heavy (non-hydrogen) atoms. The molecule has 1 aliphatic heterocycles. The maximum Gasteiger partial charge on any atom is 0.222 e. The van der Waals surface area contributed by atoms with Crippen LogP contribution in [-0.4, -0.2) is 47.6 Å². The van der Waals surface area contributed by atoms with Gasteiger partial charge in [-0.1, -0.05) is 13.8 Å². The number of carbonyl (C=O) groups excluding carboxylic acids is 1. The Bertz CT molecular complexity index is 487. The second kappa shape index (κ2) is 8.04. The number of nitrogens with one attached hydrogen (secondary N) is 1. The van der Waals surface area contributed by atoms with Crippen LogP contribution < -0.4 is 5.32 Å². The monoisotopic (exact) mass is 325 g/mol. The lowest BCUT2D eigenvalue weighted by molar-refractivity contribution is -0.126.